The molecule has 5 amide bonds. The molecule has 2 spiro atoms. The van der Waals surface area contributed by atoms with Crippen molar-refractivity contribution >= 4 is 41.4 Å². The number of piperidine rings is 6. The largest absolute Gasteiger partial charge is 0.451 e. The van der Waals surface area contributed by atoms with Gasteiger partial charge in [-0.3, -0.25) is 24.1 Å². The molecule has 10 aliphatic rings. The highest BCUT2D eigenvalue weighted by molar-refractivity contribution is 5.98. The fraction of sp³-hybridized carbons (Fsp3) is 0.592. The molecular weight excluding hydrogens is 1190 g/mol. The van der Waals surface area contributed by atoms with Crippen molar-refractivity contribution in [2.24, 2.45) is 22.7 Å². The van der Waals surface area contributed by atoms with Crippen molar-refractivity contribution in [1.82, 2.24) is 49.8 Å². The van der Waals surface area contributed by atoms with Crippen LogP contribution in [0.15, 0.2) is 85.7 Å². The number of fused-ring (bicyclic) bond motifs is 6. The summed E-state index contributed by atoms with van der Waals surface area (Å²) in [5.41, 5.74) is 1.02. The Morgan fingerprint density at radius 3 is 1.52 bits per heavy atom. The third kappa shape index (κ3) is 13.8. The number of amides is 5. The van der Waals surface area contributed by atoms with Crippen molar-refractivity contribution < 1.29 is 52.4 Å². The first kappa shape index (κ1) is 61.4. The summed E-state index contributed by atoms with van der Waals surface area (Å²) in [6.45, 7) is 25.7. The van der Waals surface area contributed by atoms with Crippen LogP contribution in [0.3, 0.4) is 0 Å². The van der Waals surface area contributed by atoms with Gasteiger partial charge in [0.1, 0.15) is 47.4 Å². The van der Waals surface area contributed by atoms with Crippen LogP contribution in [0, 0.1) is 34.3 Å². The molecule has 8 saturated heterocycles. The minimum atomic E-state index is -0.785. The van der Waals surface area contributed by atoms with Crippen LogP contribution in [0.5, 0.6) is 23.0 Å². The molecule has 2 aliphatic carbocycles. The highest BCUT2D eigenvalue weighted by Gasteiger charge is 2.54. The van der Waals surface area contributed by atoms with Gasteiger partial charge < -0.3 is 48.9 Å². The quantitative estimate of drug-likeness (QED) is 0.117. The number of carbonyl (C=O) groups excluding carboxylic acids is 5. The second kappa shape index (κ2) is 26.6. The van der Waals surface area contributed by atoms with E-state index in [-0.39, 0.29) is 124 Å². The number of aromatic nitrogens is 4. The molecule has 6 atom stereocenters. The smallest absolute Gasteiger partial charge is 0.411 e. The highest BCUT2D eigenvalue weighted by Crippen LogP contribution is 2.49. The molecule has 14 rings (SSSR count). The third-order valence-corrected chi connectivity index (χ3v) is 20.2. The molecule has 10 fully saturated rings. The summed E-state index contributed by atoms with van der Waals surface area (Å²) in [6.07, 6.45) is 13.1. The van der Waals surface area contributed by atoms with Crippen molar-refractivity contribution in [1.29, 1.82) is 0 Å². The molecule has 8 aliphatic heterocycles. The van der Waals surface area contributed by atoms with Gasteiger partial charge in [0.2, 0.25) is 11.8 Å². The standard InChI is InChI=1S/C38H51FN6O5.C33H43FN6O3/c1-23(2)44(24(3)4)34(46)29-18-26(39)9-12-30(29)49-31-19-40-22-41-33(31)43-20-38(21-43)13-15-42(16-14-38)35(47)32-28-11-10-27(17-25(28)5)45(32)36(48)50-37(6,7)8;1-20(2)40(21(3)4)31(41)26-15-23(34)6-9-27(26)43-28-16-35-19-36-30(28)39-17-33(18-39)10-12-38(13-11-33)32(42)29-25-8-7-24(37-29)14-22(25)5/h9,12,18-19,22-24,27-28,32H,5,10-11,13-17,20-21H2,1-4,6-8H3;6,9,15-16,19-21,24-25,29,37H,5,7-8,10-14,17-18H2,1-4H3/t27-,28+,32-;24-,25+,29-/m00/s1/i2*5D2. The molecule has 22 heteroatoms. The number of hydrogen-bond donors (Lipinski definition) is 1. The summed E-state index contributed by atoms with van der Waals surface area (Å²) in [4.78, 5) is 98.8. The van der Waals surface area contributed by atoms with Crippen LogP contribution in [0.4, 0.5) is 25.2 Å². The van der Waals surface area contributed by atoms with Gasteiger partial charge in [0.15, 0.2) is 23.1 Å². The van der Waals surface area contributed by atoms with E-state index in [1.165, 1.54) is 49.1 Å². The summed E-state index contributed by atoms with van der Waals surface area (Å²) >= 11 is 0. The monoisotopic (exact) mass is 1280 g/mol. The van der Waals surface area contributed by atoms with Crippen molar-refractivity contribution in [3.8, 4) is 23.0 Å². The number of rotatable bonds is 14. The molecule has 2 aromatic carbocycles. The highest BCUT2D eigenvalue weighted by atomic mass is 19.1. The molecule has 0 unspecified atom stereocenters. The average Bonchev–Trinajstić information content (AvgIpc) is 0.745. The molecule has 4 bridgehead atoms. The zero-order valence-corrected chi connectivity index (χ0v) is 55.7. The lowest BCUT2D eigenvalue weighted by atomic mass is 9.70. The number of likely N-dealkylation sites (tertiary alicyclic amines) is 2. The van der Waals surface area contributed by atoms with Gasteiger partial charge in [-0.1, -0.05) is 24.2 Å². The first-order valence-corrected chi connectivity index (χ1v) is 33.3. The zero-order chi connectivity index (χ0) is 69.7. The van der Waals surface area contributed by atoms with E-state index in [1.807, 2.05) is 65.2 Å². The van der Waals surface area contributed by atoms with Crippen LogP contribution < -0.4 is 24.6 Å². The summed E-state index contributed by atoms with van der Waals surface area (Å²) in [6, 6.07) is 6.32. The molecule has 500 valence electrons. The molecule has 0 radical (unpaired) electrons. The Labute approximate surface area is 552 Å². The number of anilines is 2. The van der Waals surface area contributed by atoms with Crippen LogP contribution in [-0.4, -0.2) is 180 Å². The summed E-state index contributed by atoms with van der Waals surface area (Å²) in [5, 5.41) is 3.50. The van der Waals surface area contributed by atoms with Gasteiger partial charge in [0.05, 0.1) is 35.0 Å². The van der Waals surface area contributed by atoms with Crippen molar-refractivity contribution in [3.05, 3.63) is 108 Å². The van der Waals surface area contributed by atoms with Gasteiger partial charge in [-0.25, -0.2) is 33.5 Å². The van der Waals surface area contributed by atoms with Gasteiger partial charge in [-0.05, 0) is 177 Å². The van der Waals surface area contributed by atoms with Crippen LogP contribution in [-0.2, 0) is 14.3 Å². The Kier molecular flexibility index (Phi) is 17.5. The number of hydrogen-bond acceptors (Lipinski definition) is 15. The molecule has 4 aromatic rings. The molecule has 20 nitrogen and oxygen atoms in total. The van der Waals surface area contributed by atoms with Crippen LogP contribution in [0.2, 0.25) is 0 Å². The topological polar surface area (TPSA) is 199 Å². The number of benzene rings is 2. The second-order valence-electron chi connectivity index (χ2n) is 29.2. The van der Waals surface area contributed by atoms with E-state index in [0.717, 1.165) is 57.2 Å². The maximum absolute atomic E-state index is 14.4. The average molecular weight is 1290 g/mol. The van der Waals surface area contributed by atoms with E-state index < -0.39 is 29.4 Å². The lowest BCUT2D eigenvalue weighted by Crippen LogP contribution is -2.66. The molecule has 1 N–H and O–H groups in total. The fourth-order valence-corrected chi connectivity index (χ4v) is 15.8. The number of ether oxygens (including phenoxy) is 3. The zero-order valence-electron chi connectivity index (χ0n) is 59.7. The molecular formula is C71H94F2N12O8. The predicted molar refractivity (Wildman–Crippen MR) is 350 cm³/mol. The first-order valence-electron chi connectivity index (χ1n) is 35.3. The number of carbonyl (C=O) groups is 5. The SMILES string of the molecule is [2H]C([2H])=C1C[C@@H]2CC[C@H]1[C@@H](C(=O)N1CCC3(CC1)CN(c1ncncc1Oc1ccc(F)cc1C(=O)N(C(C)C)C(C)C)C3)N2.[2H]C([2H])=C1C[C@@H]2CC[C@H]1[C@@H](C(=O)N1CCC3(CC1)CN(c1ncncc1Oc1ccc(F)cc1C(=O)N(C(C)C)C(C)C)C3)N2C(=O)OC(C)(C)C. The van der Waals surface area contributed by atoms with E-state index >= 15 is 0 Å². The molecule has 2 saturated carbocycles. The van der Waals surface area contributed by atoms with E-state index in [0.29, 0.717) is 93.7 Å². The van der Waals surface area contributed by atoms with Gasteiger partial charge in [0, 0.05) is 111 Å². The second-order valence-corrected chi connectivity index (χ2v) is 29.2. The van der Waals surface area contributed by atoms with Crippen molar-refractivity contribution in [3.63, 3.8) is 0 Å². The van der Waals surface area contributed by atoms with E-state index in [1.54, 1.807) is 47.9 Å². The Morgan fingerprint density at radius 2 is 1.08 bits per heavy atom. The number of nitrogens with zero attached hydrogens (tertiary/aromatic N) is 11. The Hall–Kier alpha value is -7.75. The fourth-order valence-electron chi connectivity index (χ4n) is 15.8. The Balaban J connectivity index is 0.000000199. The van der Waals surface area contributed by atoms with Crippen molar-refractivity contribution in [2.75, 3.05) is 62.2 Å². The Bertz CT molecular complexity index is 3670. The number of nitrogens with one attached hydrogen (secondary N) is 1. The van der Waals surface area contributed by atoms with Gasteiger partial charge in [-0.2, -0.15) is 0 Å². The normalized spacial score (nSPS) is 24.2. The third-order valence-electron chi connectivity index (χ3n) is 20.2. The summed E-state index contributed by atoms with van der Waals surface area (Å²) in [7, 11) is 0. The first-order chi connectivity index (χ1) is 45.9. The van der Waals surface area contributed by atoms with Gasteiger partial charge >= 0.3 is 6.09 Å². The lowest BCUT2D eigenvalue weighted by molar-refractivity contribution is -0.146. The lowest BCUT2D eigenvalue weighted by Gasteiger charge is -2.56. The minimum absolute atomic E-state index is 0.0468. The maximum Gasteiger partial charge on any atom is 0.411 e. The summed E-state index contributed by atoms with van der Waals surface area (Å²) in [5.74, 6) is 0.252. The molecule has 93 heavy (non-hydrogen) atoms. The van der Waals surface area contributed by atoms with E-state index in [2.05, 4.69) is 35.1 Å². The van der Waals surface area contributed by atoms with E-state index in [9.17, 15) is 32.8 Å². The summed E-state index contributed by atoms with van der Waals surface area (Å²) < 4.78 is 79.0. The van der Waals surface area contributed by atoms with Crippen molar-refractivity contribution in [2.45, 2.75) is 194 Å². The molecule has 10 heterocycles. The van der Waals surface area contributed by atoms with Crippen LogP contribution >= 0.6 is 0 Å². The van der Waals surface area contributed by atoms with Gasteiger partial charge in [0.25, 0.3) is 11.8 Å². The minimum Gasteiger partial charge on any atom is -0.451 e. The van der Waals surface area contributed by atoms with Gasteiger partial charge in [-0.15, -0.1) is 0 Å². The Morgan fingerprint density at radius 1 is 0.624 bits per heavy atom. The van der Waals surface area contributed by atoms with E-state index in [4.69, 9.17) is 19.7 Å². The predicted octanol–water partition coefficient (Wildman–Crippen LogP) is 11.2. The maximum atomic E-state index is 14.4. The van der Waals surface area contributed by atoms with Crippen LogP contribution in [0.25, 0.3) is 0 Å². The van der Waals surface area contributed by atoms with Crippen LogP contribution in [0.1, 0.15) is 167 Å². The number of halogens is 2. The molecule has 2 aromatic heterocycles.